The highest BCUT2D eigenvalue weighted by atomic mass is 79.9. The molecule has 3 rings (SSSR count). The molecule has 0 unspecified atom stereocenters. The van der Waals surface area contributed by atoms with Crippen molar-refractivity contribution in [2.24, 2.45) is 5.41 Å². The van der Waals surface area contributed by atoms with Crippen LogP contribution >= 0.6 is 31.9 Å². The fourth-order valence-corrected chi connectivity index (χ4v) is 3.56. The standard InChI is InChI=1S/C15H12Br2O/c1-15(2)6-11-10-5-9(16)3-4-14(10)18-8-12(11)13(17)7-15/h3-8H,1-2H3. The normalized spacial score (nSPS) is 19.9. The molecule has 1 aliphatic carbocycles. The Morgan fingerprint density at radius 1 is 1.06 bits per heavy atom. The van der Waals surface area contributed by atoms with Gasteiger partial charge in [0.15, 0.2) is 0 Å². The van der Waals surface area contributed by atoms with Crippen molar-refractivity contribution < 1.29 is 4.74 Å². The van der Waals surface area contributed by atoms with E-state index in [1.165, 1.54) is 5.57 Å². The van der Waals surface area contributed by atoms with Crippen LogP contribution in [0.25, 0.3) is 5.57 Å². The van der Waals surface area contributed by atoms with Gasteiger partial charge >= 0.3 is 0 Å². The van der Waals surface area contributed by atoms with Crippen LogP contribution in [0.2, 0.25) is 0 Å². The minimum atomic E-state index is 0.0441. The molecule has 0 radical (unpaired) electrons. The Morgan fingerprint density at radius 3 is 2.61 bits per heavy atom. The van der Waals surface area contributed by atoms with Crippen molar-refractivity contribution in [1.82, 2.24) is 0 Å². The molecule has 0 saturated heterocycles. The van der Waals surface area contributed by atoms with Crippen LogP contribution in [0.15, 0.2) is 51.1 Å². The van der Waals surface area contributed by atoms with Crippen LogP contribution in [0.1, 0.15) is 19.4 Å². The van der Waals surface area contributed by atoms with Crippen LogP contribution in [0.5, 0.6) is 5.75 Å². The number of halogens is 2. The van der Waals surface area contributed by atoms with Crippen LogP contribution in [-0.4, -0.2) is 0 Å². The summed E-state index contributed by atoms with van der Waals surface area (Å²) in [5.74, 6) is 0.909. The third-order valence-electron chi connectivity index (χ3n) is 3.10. The third-order valence-corrected chi connectivity index (χ3v) is 4.25. The highest BCUT2D eigenvalue weighted by molar-refractivity contribution is 9.12. The van der Waals surface area contributed by atoms with Crippen LogP contribution < -0.4 is 4.74 Å². The predicted molar refractivity (Wildman–Crippen MR) is 81.6 cm³/mol. The summed E-state index contributed by atoms with van der Waals surface area (Å²) in [7, 11) is 0. The van der Waals surface area contributed by atoms with E-state index in [-0.39, 0.29) is 5.41 Å². The van der Waals surface area contributed by atoms with Crippen molar-refractivity contribution >= 4 is 37.4 Å². The lowest BCUT2D eigenvalue weighted by Gasteiger charge is -2.29. The molecule has 0 amide bonds. The number of ether oxygens (including phenoxy) is 1. The number of allylic oxidation sites excluding steroid dienone is 5. The summed E-state index contributed by atoms with van der Waals surface area (Å²) in [5.41, 5.74) is 3.53. The predicted octanol–water partition coefficient (Wildman–Crippen LogP) is 5.43. The van der Waals surface area contributed by atoms with Gasteiger partial charge in [-0.2, -0.15) is 0 Å². The van der Waals surface area contributed by atoms with E-state index in [4.69, 9.17) is 4.74 Å². The van der Waals surface area contributed by atoms with E-state index in [1.807, 2.05) is 18.4 Å². The monoisotopic (exact) mass is 366 g/mol. The van der Waals surface area contributed by atoms with Gasteiger partial charge in [0.05, 0.1) is 0 Å². The van der Waals surface area contributed by atoms with Gasteiger partial charge in [-0.25, -0.2) is 0 Å². The summed E-state index contributed by atoms with van der Waals surface area (Å²) in [5, 5.41) is 0. The molecule has 3 heteroatoms. The Bertz CT molecular complexity index is 621. The summed E-state index contributed by atoms with van der Waals surface area (Å²) < 4.78 is 7.85. The average molecular weight is 368 g/mol. The first-order valence-electron chi connectivity index (χ1n) is 5.75. The lowest BCUT2D eigenvalue weighted by atomic mass is 9.80. The minimum absolute atomic E-state index is 0.0441. The van der Waals surface area contributed by atoms with Crippen molar-refractivity contribution in [3.63, 3.8) is 0 Å². The van der Waals surface area contributed by atoms with Crippen LogP contribution in [0, 0.1) is 5.41 Å². The summed E-state index contributed by atoms with van der Waals surface area (Å²) in [4.78, 5) is 0. The number of rotatable bonds is 0. The molecule has 1 aromatic rings. The molecule has 0 atom stereocenters. The number of benzene rings is 1. The highest BCUT2D eigenvalue weighted by Crippen LogP contribution is 2.47. The molecule has 0 spiro atoms. The fraction of sp³-hybridized carbons (Fsp3) is 0.200. The molecule has 0 bridgehead atoms. The Morgan fingerprint density at radius 2 is 1.83 bits per heavy atom. The molecule has 1 heterocycles. The lowest BCUT2D eigenvalue weighted by molar-refractivity contribution is 0.470. The lowest BCUT2D eigenvalue weighted by Crippen LogP contribution is -2.14. The van der Waals surface area contributed by atoms with Gasteiger partial charge in [0.25, 0.3) is 0 Å². The van der Waals surface area contributed by atoms with Crippen LogP contribution in [-0.2, 0) is 0 Å². The highest BCUT2D eigenvalue weighted by Gasteiger charge is 2.28. The minimum Gasteiger partial charge on any atom is -0.464 e. The number of fused-ring (bicyclic) bond motifs is 3. The Balaban J connectivity index is 2.23. The van der Waals surface area contributed by atoms with Gasteiger partial charge in [0.2, 0.25) is 0 Å². The molecule has 0 N–H and O–H groups in total. The molecular formula is C15H12Br2O. The first-order valence-corrected chi connectivity index (χ1v) is 7.34. The van der Waals surface area contributed by atoms with Crippen molar-refractivity contribution in [1.29, 1.82) is 0 Å². The first kappa shape index (κ1) is 12.2. The van der Waals surface area contributed by atoms with Gasteiger partial charge in [0, 0.05) is 25.5 Å². The van der Waals surface area contributed by atoms with Crippen molar-refractivity contribution in [3.05, 3.63) is 56.7 Å². The van der Waals surface area contributed by atoms with Crippen LogP contribution in [0.3, 0.4) is 0 Å². The number of hydrogen-bond acceptors (Lipinski definition) is 1. The van der Waals surface area contributed by atoms with Crippen LogP contribution in [0.4, 0.5) is 0 Å². The molecule has 2 aliphatic rings. The second-order valence-electron chi connectivity index (χ2n) is 5.16. The Labute approximate surface area is 123 Å². The van der Waals surface area contributed by atoms with E-state index in [9.17, 15) is 0 Å². The van der Waals surface area contributed by atoms with Crippen molar-refractivity contribution in [2.45, 2.75) is 13.8 Å². The maximum absolute atomic E-state index is 5.69. The number of hydrogen-bond donors (Lipinski definition) is 0. The summed E-state index contributed by atoms with van der Waals surface area (Å²) >= 11 is 7.16. The maximum atomic E-state index is 5.69. The van der Waals surface area contributed by atoms with E-state index >= 15 is 0 Å². The van der Waals surface area contributed by atoms with Gasteiger partial charge in [-0.1, -0.05) is 57.9 Å². The largest absolute Gasteiger partial charge is 0.464 e. The topological polar surface area (TPSA) is 9.23 Å². The summed E-state index contributed by atoms with van der Waals surface area (Å²) in [6.45, 7) is 4.40. The zero-order valence-corrected chi connectivity index (χ0v) is 13.3. The second-order valence-corrected chi connectivity index (χ2v) is 6.93. The SMILES string of the molecule is CC1(C)C=C(Br)C2=COc3ccc(Br)cc3C2=C1. The molecule has 18 heavy (non-hydrogen) atoms. The maximum Gasteiger partial charge on any atom is 0.134 e. The van der Waals surface area contributed by atoms with Gasteiger partial charge in [0.1, 0.15) is 12.0 Å². The average Bonchev–Trinajstić information content (AvgIpc) is 2.27. The second kappa shape index (κ2) is 4.10. The molecule has 1 aromatic carbocycles. The van der Waals surface area contributed by atoms with Gasteiger partial charge in [-0.05, 0) is 23.8 Å². The van der Waals surface area contributed by atoms with E-state index in [0.29, 0.717) is 0 Å². The molecule has 0 fully saturated rings. The fourth-order valence-electron chi connectivity index (χ4n) is 2.30. The van der Waals surface area contributed by atoms with E-state index < -0.39 is 0 Å². The Hall–Kier alpha value is -0.800. The zero-order valence-electron chi connectivity index (χ0n) is 10.1. The first-order chi connectivity index (χ1) is 8.46. The van der Waals surface area contributed by atoms with E-state index in [2.05, 4.69) is 63.9 Å². The van der Waals surface area contributed by atoms with Crippen molar-refractivity contribution in [2.75, 3.05) is 0 Å². The van der Waals surface area contributed by atoms with Gasteiger partial charge in [-0.15, -0.1) is 0 Å². The Kier molecular flexibility index (Phi) is 2.79. The molecule has 92 valence electrons. The van der Waals surface area contributed by atoms with E-state index in [1.54, 1.807) is 0 Å². The van der Waals surface area contributed by atoms with Gasteiger partial charge < -0.3 is 4.74 Å². The molecule has 0 saturated carbocycles. The van der Waals surface area contributed by atoms with E-state index in [0.717, 1.165) is 25.8 Å². The smallest absolute Gasteiger partial charge is 0.134 e. The molecular weight excluding hydrogens is 356 g/mol. The third kappa shape index (κ3) is 1.99. The quantitative estimate of drug-likeness (QED) is 0.594. The van der Waals surface area contributed by atoms with Gasteiger partial charge in [-0.3, -0.25) is 0 Å². The molecule has 1 aliphatic heterocycles. The summed E-state index contributed by atoms with van der Waals surface area (Å²) in [6.07, 6.45) is 6.31. The van der Waals surface area contributed by atoms with Crippen molar-refractivity contribution in [3.8, 4) is 5.75 Å². The molecule has 1 nitrogen and oxygen atoms in total. The molecule has 0 aromatic heterocycles. The summed E-state index contributed by atoms with van der Waals surface area (Å²) in [6, 6.07) is 6.10. The zero-order chi connectivity index (χ0) is 12.9.